The average Bonchev–Trinajstić information content (AvgIpc) is 3.08. The normalized spacial score (nSPS) is 28.2. The Bertz CT molecular complexity index is 799. The molecular formula is C22H21N3. The van der Waals surface area contributed by atoms with Gasteiger partial charge < -0.3 is 5.32 Å². The maximum atomic E-state index is 9.57. The summed E-state index contributed by atoms with van der Waals surface area (Å²) in [6.07, 6.45) is 5.90. The zero-order valence-corrected chi connectivity index (χ0v) is 14.2. The third-order valence-electron chi connectivity index (χ3n) is 5.44. The van der Waals surface area contributed by atoms with Gasteiger partial charge >= 0.3 is 0 Å². The van der Waals surface area contributed by atoms with Crippen molar-refractivity contribution in [2.45, 2.75) is 30.8 Å². The molecule has 2 aliphatic heterocycles. The summed E-state index contributed by atoms with van der Waals surface area (Å²) < 4.78 is 0. The zero-order chi connectivity index (χ0) is 17.8. The quantitative estimate of drug-likeness (QED) is 0.516. The summed E-state index contributed by atoms with van der Waals surface area (Å²) in [5, 5.41) is 22.8. The van der Waals surface area contributed by atoms with Crippen LogP contribution in [0.5, 0.6) is 0 Å². The van der Waals surface area contributed by atoms with Crippen molar-refractivity contribution in [3.63, 3.8) is 0 Å². The summed E-state index contributed by atoms with van der Waals surface area (Å²) in [5.41, 5.74) is 5.18. The molecule has 2 saturated heterocycles. The predicted molar refractivity (Wildman–Crippen MR) is 98.3 cm³/mol. The zero-order valence-electron chi connectivity index (χ0n) is 14.2. The molecule has 1 N–H and O–H groups in total. The van der Waals surface area contributed by atoms with Gasteiger partial charge in [0, 0.05) is 29.8 Å². The highest BCUT2D eigenvalue weighted by Crippen LogP contribution is 2.47. The Balaban J connectivity index is 2.19. The van der Waals surface area contributed by atoms with E-state index >= 15 is 0 Å². The van der Waals surface area contributed by atoms with Crippen LogP contribution in [0, 0.1) is 34.5 Å². The van der Waals surface area contributed by atoms with Crippen LogP contribution < -0.4 is 5.32 Å². The summed E-state index contributed by atoms with van der Waals surface area (Å²) >= 11 is 0. The number of hydrogen-bond donors (Lipinski definition) is 1. The molecule has 0 spiro atoms. The highest BCUT2D eigenvalue weighted by Gasteiger charge is 2.47. The molecule has 3 nitrogen and oxygen atoms in total. The second-order valence-corrected chi connectivity index (χ2v) is 6.61. The fraction of sp³-hybridized carbons (Fsp3) is 0.318. The molecular weight excluding hydrogens is 306 g/mol. The third-order valence-corrected chi connectivity index (χ3v) is 5.44. The van der Waals surface area contributed by atoms with Crippen LogP contribution in [0.15, 0.2) is 72.5 Å². The summed E-state index contributed by atoms with van der Waals surface area (Å²) in [6.45, 7) is 7.77. The van der Waals surface area contributed by atoms with Gasteiger partial charge in [-0.3, -0.25) is 0 Å². The summed E-state index contributed by atoms with van der Waals surface area (Å²) in [5.74, 6) is 0.0504. The van der Waals surface area contributed by atoms with E-state index in [4.69, 9.17) is 0 Å². The van der Waals surface area contributed by atoms with Gasteiger partial charge in [-0.05, 0) is 30.1 Å². The van der Waals surface area contributed by atoms with E-state index in [0.717, 1.165) is 24.0 Å². The van der Waals surface area contributed by atoms with Crippen LogP contribution >= 0.6 is 0 Å². The molecule has 0 aromatic heterocycles. The Labute approximate surface area is 149 Å². The number of rotatable bonds is 4. The average molecular weight is 327 g/mol. The van der Waals surface area contributed by atoms with E-state index < -0.39 is 0 Å². The minimum absolute atomic E-state index is 0.0262. The van der Waals surface area contributed by atoms with Crippen molar-refractivity contribution in [1.29, 1.82) is 10.5 Å². The molecule has 3 rings (SSSR count). The van der Waals surface area contributed by atoms with Crippen molar-refractivity contribution in [3.8, 4) is 12.1 Å². The molecule has 5 atom stereocenters. The van der Waals surface area contributed by atoms with Crippen LogP contribution in [-0.4, -0.2) is 12.1 Å². The van der Waals surface area contributed by atoms with Gasteiger partial charge in [-0.1, -0.05) is 43.0 Å². The lowest BCUT2D eigenvalue weighted by Crippen LogP contribution is -2.48. The molecule has 1 unspecified atom stereocenters. The van der Waals surface area contributed by atoms with Crippen LogP contribution in [-0.2, 0) is 0 Å². The van der Waals surface area contributed by atoms with E-state index in [2.05, 4.69) is 48.5 Å². The highest BCUT2D eigenvalue weighted by atomic mass is 15.0. The van der Waals surface area contributed by atoms with Crippen LogP contribution in [0.2, 0.25) is 0 Å². The van der Waals surface area contributed by atoms with E-state index in [9.17, 15) is 10.5 Å². The van der Waals surface area contributed by atoms with Crippen LogP contribution in [0.25, 0.3) is 0 Å². The first-order valence-corrected chi connectivity index (χ1v) is 8.58. The maximum Gasteiger partial charge on any atom is 0.129 e. The first-order chi connectivity index (χ1) is 12.2. The summed E-state index contributed by atoms with van der Waals surface area (Å²) in [7, 11) is 0. The van der Waals surface area contributed by atoms with Gasteiger partial charge in [0.05, 0.1) is 0 Å². The van der Waals surface area contributed by atoms with Gasteiger partial charge in [0.1, 0.15) is 17.7 Å². The number of hydrogen-bond acceptors (Lipinski definition) is 3. The van der Waals surface area contributed by atoms with Crippen molar-refractivity contribution in [3.05, 3.63) is 78.1 Å². The Morgan fingerprint density at radius 3 is 2.44 bits per heavy atom. The third kappa shape index (κ3) is 2.97. The lowest BCUT2D eigenvalue weighted by atomic mass is 9.69. The van der Waals surface area contributed by atoms with E-state index in [-0.39, 0.29) is 35.4 Å². The van der Waals surface area contributed by atoms with Gasteiger partial charge in [0.25, 0.3) is 0 Å². The van der Waals surface area contributed by atoms with Crippen molar-refractivity contribution in [1.82, 2.24) is 5.32 Å². The van der Waals surface area contributed by atoms with Crippen molar-refractivity contribution < 1.29 is 0 Å². The molecule has 0 amide bonds. The Morgan fingerprint density at radius 2 is 1.84 bits per heavy atom. The lowest BCUT2D eigenvalue weighted by molar-refractivity contribution is 0.307. The number of allylic oxidation sites excluding steroid dienone is 2. The Morgan fingerprint density at radius 1 is 1.16 bits per heavy atom. The predicted octanol–water partition coefficient (Wildman–Crippen LogP) is 4.01. The number of nitrogens with zero attached hydrogens (tertiary/aromatic N) is 2. The molecule has 0 radical (unpaired) electrons. The van der Waals surface area contributed by atoms with Gasteiger partial charge in [0.15, 0.2) is 0 Å². The fourth-order valence-corrected chi connectivity index (χ4v) is 4.45. The first-order valence-electron chi connectivity index (χ1n) is 8.58. The van der Waals surface area contributed by atoms with Gasteiger partial charge in [-0.2, -0.15) is 10.5 Å². The smallest absolute Gasteiger partial charge is 0.129 e. The SMILES string of the molecule is C=C=C[C@@H]1C(=C(C#N)C#N)[C@H]([C@@H](C=C)c2ccccc2)[C@H]2CCC1N2. The highest BCUT2D eigenvalue weighted by molar-refractivity contribution is 5.48. The van der Waals surface area contributed by atoms with E-state index in [1.807, 2.05) is 30.4 Å². The van der Waals surface area contributed by atoms with Gasteiger partial charge in [-0.15, -0.1) is 12.3 Å². The van der Waals surface area contributed by atoms with Crippen LogP contribution in [0.4, 0.5) is 0 Å². The van der Waals surface area contributed by atoms with E-state index in [0.29, 0.717) is 0 Å². The summed E-state index contributed by atoms with van der Waals surface area (Å²) in [4.78, 5) is 0. The molecule has 2 aliphatic rings. The largest absolute Gasteiger partial charge is 0.310 e. The second kappa shape index (κ2) is 7.37. The first kappa shape index (κ1) is 17.0. The van der Waals surface area contributed by atoms with Crippen molar-refractivity contribution in [2.75, 3.05) is 0 Å². The van der Waals surface area contributed by atoms with Gasteiger partial charge in [-0.25, -0.2) is 0 Å². The fourth-order valence-electron chi connectivity index (χ4n) is 4.45. The lowest BCUT2D eigenvalue weighted by Gasteiger charge is -2.41. The minimum atomic E-state index is -0.0262. The van der Waals surface area contributed by atoms with Gasteiger partial charge in [0.2, 0.25) is 0 Å². The van der Waals surface area contributed by atoms with Crippen LogP contribution in [0.1, 0.15) is 24.3 Å². The maximum absolute atomic E-state index is 9.57. The molecule has 0 aliphatic carbocycles. The number of piperidine rings is 1. The van der Waals surface area contributed by atoms with Crippen molar-refractivity contribution >= 4 is 0 Å². The van der Waals surface area contributed by atoms with E-state index in [1.165, 1.54) is 0 Å². The molecule has 2 heterocycles. The molecule has 1 aromatic rings. The number of nitriles is 2. The topological polar surface area (TPSA) is 59.6 Å². The Kier molecular flexibility index (Phi) is 5.01. The molecule has 2 bridgehead atoms. The summed E-state index contributed by atoms with van der Waals surface area (Å²) in [6, 6.07) is 14.9. The Hall–Kier alpha value is -2.84. The minimum Gasteiger partial charge on any atom is -0.310 e. The molecule has 0 saturated carbocycles. The van der Waals surface area contributed by atoms with Crippen LogP contribution in [0.3, 0.4) is 0 Å². The number of nitrogens with one attached hydrogen (secondary N) is 1. The number of benzene rings is 1. The number of fused-ring (bicyclic) bond motifs is 2. The van der Waals surface area contributed by atoms with Crippen molar-refractivity contribution in [2.24, 2.45) is 11.8 Å². The molecule has 1 aromatic carbocycles. The molecule has 2 fully saturated rings. The second-order valence-electron chi connectivity index (χ2n) is 6.61. The standard InChI is InChI=1S/C22H21N3/c1-3-8-18-19-11-12-20(25-19)22(21(18)16(13-23)14-24)17(4-2)15-9-6-5-7-10-15/h4-10,17-20,22,25H,1-2,11-12H2/t17-,18-,19?,20+,22+/m0/s1. The monoisotopic (exact) mass is 327 g/mol. The molecule has 124 valence electrons. The molecule has 25 heavy (non-hydrogen) atoms. The molecule has 3 heteroatoms. The van der Waals surface area contributed by atoms with E-state index in [1.54, 1.807) is 0 Å².